The number of fused-ring (bicyclic) bond motifs is 2. The van der Waals surface area contributed by atoms with Gasteiger partial charge >= 0.3 is 0 Å². The maximum absolute atomic E-state index is 13.9. The summed E-state index contributed by atoms with van der Waals surface area (Å²) in [6.07, 6.45) is 0. The molecule has 0 radical (unpaired) electrons. The first-order valence-electron chi connectivity index (χ1n) is 9.90. The predicted octanol–water partition coefficient (Wildman–Crippen LogP) is 4.06. The van der Waals surface area contributed by atoms with Crippen molar-refractivity contribution in [2.45, 2.75) is 11.5 Å². The number of benzene rings is 3. The number of Topliss-reactive ketones (excluding diaryl/α,β-unsaturated/α-hetero) is 1. The van der Waals surface area contributed by atoms with Crippen LogP contribution in [0.15, 0.2) is 84.9 Å². The molecule has 3 aromatic rings. The molecule has 144 valence electrons. The minimum Gasteiger partial charge on any atom is -0.324 e. The second-order valence-electron chi connectivity index (χ2n) is 7.87. The molecule has 1 fully saturated rings. The third-order valence-electron chi connectivity index (χ3n) is 6.43. The van der Waals surface area contributed by atoms with E-state index in [-0.39, 0.29) is 17.6 Å². The van der Waals surface area contributed by atoms with E-state index in [0.717, 1.165) is 16.8 Å². The van der Waals surface area contributed by atoms with Crippen LogP contribution in [0.4, 0.5) is 5.69 Å². The molecule has 1 saturated heterocycles. The number of anilines is 1. The molecule has 0 unspecified atom stereocenters. The Kier molecular flexibility index (Phi) is 4.10. The zero-order chi connectivity index (χ0) is 20.0. The van der Waals surface area contributed by atoms with Crippen LogP contribution in [0.25, 0.3) is 0 Å². The van der Waals surface area contributed by atoms with E-state index < -0.39 is 11.5 Å². The summed E-state index contributed by atoms with van der Waals surface area (Å²) < 4.78 is 0. The first-order chi connectivity index (χ1) is 14.1. The van der Waals surface area contributed by atoms with Gasteiger partial charge in [0.25, 0.3) is 0 Å². The van der Waals surface area contributed by atoms with Crippen molar-refractivity contribution in [1.82, 2.24) is 4.90 Å². The van der Waals surface area contributed by atoms with Gasteiger partial charge in [0.15, 0.2) is 5.78 Å². The average molecular weight is 382 g/mol. The van der Waals surface area contributed by atoms with E-state index in [9.17, 15) is 9.59 Å². The zero-order valence-electron chi connectivity index (χ0n) is 16.2. The van der Waals surface area contributed by atoms with Gasteiger partial charge < -0.3 is 5.32 Å². The summed E-state index contributed by atoms with van der Waals surface area (Å²) in [6, 6.07) is 27.1. The highest BCUT2D eigenvalue weighted by Crippen LogP contribution is 2.55. The lowest BCUT2D eigenvalue weighted by Gasteiger charge is -2.35. The molecule has 0 aromatic heterocycles. The first kappa shape index (κ1) is 17.8. The number of carbonyl (C=O) groups excluding carboxylic acids is 2. The summed E-state index contributed by atoms with van der Waals surface area (Å²) >= 11 is 0. The minimum atomic E-state index is -1.01. The topological polar surface area (TPSA) is 49.4 Å². The monoisotopic (exact) mass is 382 g/mol. The highest BCUT2D eigenvalue weighted by Gasteiger charge is 2.64. The summed E-state index contributed by atoms with van der Waals surface area (Å²) in [4.78, 5) is 29.4. The van der Waals surface area contributed by atoms with Crippen molar-refractivity contribution < 1.29 is 9.59 Å². The number of likely N-dealkylation sites (N-methyl/N-ethyl adjacent to an activating group) is 1. The van der Waals surface area contributed by atoms with Crippen LogP contribution in [-0.4, -0.2) is 30.2 Å². The highest BCUT2D eigenvalue weighted by atomic mass is 16.2. The quantitative estimate of drug-likeness (QED) is 0.695. The van der Waals surface area contributed by atoms with Gasteiger partial charge in [-0.25, -0.2) is 0 Å². The second kappa shape index (κ2) is 6.68. The van der Waals surface area contributed by atoms with Crippen LogP contribution in [-0.2, 0) is 10.3 Å². The number of nitrogens with one attached hydrogen (secondary N) is 1. The lowest BCUT2D eigenvalue weighted by molar-refractivity contribution is -0.126. The Labute approximate surface area is 170 Å². The first-order valence-corrected chi connectivity index (χ1v) is 9.90. The molecule has 1 spiro atoms. The number of nitrogens with zero attached hydrogens (tertiary/aromatic N) is 1. The normalized spacial score (nSPS) is 25.8. The molecule has 29 heavy (non-hydrogen) atoms. The Hall–Kier alpha value is -3.24. The lowest BCUT2D eigenvalue weighted by Crippen LogP contribution is -2.51. The van der Waals surface area contributed by atoms with Crippen molar-refractivity contribution in [2.24, 2.45) is 5.92 Å². The third-order valence-corrected chi connectivity index (χ3v) is 6.43. The zero-order valence-corrected chi connectivity index (χ0v) is 16.2. The Morgan fingerprint density at radius 1 is 0.931 bits per heavy atom. The van der Waals surface area contributed by atoms with Crippen molar-refractivity contribution in [2.75, 3.05) is 18.9 Å². The summed E-state index contributed by atoms with van der Waals surface area (Å²) in [5, 5.41) is 3.04. The lowest BCUT2D eigenvalue weighted by atomic mass is 9.70. The smallest absolute Gasteiger partial charge is 0.250 e. The summed E-state index contributed by atoms with van der Waals surface area (Å²) in [5.41, 5.74) is 2.40. The van der Waals surface area contributed by atoms with Gasteiger partial charge in [0.2, 0.25) is 5.91 Å². The molecular weight excluding hydrogens is 360 g/mol. The Bertz CT molecular complexity index is 1080. The molecule has 4 heteroatoms. The van der Waals surface area contributed by atoms with Gasteiger partial charge in [-0.2, -0.15) is 0 Å². The van der Waals surface area contributed by atoms with Crippen molar-refractivity contribution in [3.05, 3.63) is 102 Å². The number of rotatable bonds is 3. The summed E-state index contributed by atoms with van der Waals surface area (Å²) in [7, 11) is 1.95. The van der Waals surface area contributed by atoms with Gasteiger partial charge in [0.1, 0.15) is 5.54 Å². The van der Waals surface area contributed by atoms with E-state index in [1.54, 1.807) is 0 Å². The van der Waals surface area contributed by atoms with Crippen LogP contribution in [0.2, 0.25) is 0 Å². The van der Waals surface area contributed by atoms with Crippen molar-refractivity contribution >= 4 is 17.4 Å². The van der Waals surface area contributed by atoms with Crippen LogP contribution in [0, 0.1) is 5.92 Å². The van der Waals surface area contributed by atoms with Gasteiger partial charge in [-0.1, -0.05) is 78.9 Å². The van der Waals surface area contributed by atoms with Gasteiger partial charge in [-0.15, -0.1) is 0 Å². The van der Waals surface area contributed by atoms with Crippen molar-refractivity contribution in [3.8, 4) is 0 Å². The van der Waals surface area contributed by atoms with Crippen LogP contribution in [0.1, 0.15) is 27.4 Å². The SMILES string of the molecule is CN1C[C@@H](c2ccccc2)[C@@H](C(=O)c2ccccc2)[C@@]12C(=O)Nc1ccccc12. The largest absolute Gasteiger partial charge is 0.324 e. The van der Waals surface area contributed by atoms with E-state index in [1.807, 2.05) is 79.8 Å². The predicted molar refractivity (Wildman–Crippen MR) is 113 cm³/mol. The van der Waals surface area contributed by atoms with E-state index in [2.05, 4.69) is 22.3 Å². The molecule has 0 bridgehead atoms. The molecule has 3 aromatic carbocycles. The van der Waals surface area contributed by atoms with Crippen molar-refractivity contribution in [1.29, 1.82) is 0 Å². The fourth-order valence-corrected chi connectivity index (χ4v) is 5.18. The molecule has 2 heterocycles. The number of carbonyl (C=O) groups is 2. The molecule has 0 saturated carbocycles. The number of hydrogen-bond donors (Lipinski definition) is 1. The number of likely N-dealkylation sites (tertiary alicyclic amines) is 1. The van der Waals surface area contributed by atoms with Gasteiger partial charge in [-0.3, -0.25) is 14.5 Å². The standard InChI is InChI=1S/C25H22N2O2/c1-27-16-19(17-10-4-2-5-11-17)22(23(28)18-12-6-3-7-13-18)25(27)20-14-8-9-15-21(20)26-24(25)29/h2-15,19,22H,16H2,1H3,(H,26,29)/t19-,22-,25-/m0/s1. The number of amides is 1. The second-order valence-corrected chi connectivity index (χ2v) is 7.87. The third kappa shape index (κ3) is 2.49. The molecule has 3 atom stereocenters. The maximum Gasteiger partial charge on any atom is 0.250 e. The molecule has 0 aliphatic carbocycles. The fraction of sp³-hybridized carbons (Fsp3) is 0.200. The molecular formula is C25H22N2O2. The van der Waals surface area contributed by atoms with Gasteiger partial charge in [0, 0.05) is 29.3 Å². The fourth-order valence-electron chi connectivity index (χ4n) is 5.18. The highest BCUT2D eigenvalue weighted by molar-refractivity contribution is 6.12. The Balaban J connectivity index is 1.74. The van der Waals surface area contributed by atoms with Crippen LogP contribution >= 0.6 is 0 Å². The van der Waals surface area contributed by atoms with Gasteiger partial charge in [0.05, 0.1) is 5.92 Å². The van der Waals surface area contributed by atoms with Crippen LogP contribution in [0.5, 0.6) is 0 Å². The summed E-state index contributed by atoms with van der Waals surface area (Å²) in [6.45, 7) is 0.634. The molecule has 2 aliphatic rings. The van der Waals surface area contributed by atoms with E-state index in [4.69, 9.17) is 0 Å². The Morgan fingerprint density at radius 2 is 1.55 bits per heavy atom. The Morgan fingerprint density at radius 3 is 2.28 bits per heavy atom. The summed E-state index contributed by atoms with van der Waals surface area (Å²) in [5.74, 6) is -0.698. The average Bonchev–Trinajstić information content (AvgIpc) is 3.24. The molecule has 4 nitrogen and oxygen atoms in total. The van der Waals surface area contributed by atoms with E-state index in [0.29, 0.717) is 12.1 Å². The molecule has 1 N–H and O–H groups in total. The number of ketones is 1. The van der Waals surface area contributed by atoms with Crippen LogP contribution < -0.4 is 5.32 Å². The molecule has 1 amide bonds. The number of para-hydroxylation sites is 1. The van der Waals surface area contributed by atoms with E-state index >= 15 is 0 Å². The minimum absolute atomic E-state index is 0.00987. The van der Waals surface area contributed by atoms with Crippen LogP contribution in [0.3, 0.4) is 0 Å². The van der Waals surface area contributed by atoms with Crippen molar-refractivity contribution in [3.63, 3.8) is 0 Å². The number of hydrogen-bond acceptors (Lipinski definition) is 3. The molecule has 2 aliphatic heterocycles. The van der Waals surface area contributed by atoms with Gasteiger partial charge in [-0.05, 0) is 18.7 Å². The molecule has 5 rings (SSSR count). The van der Waals surface area contributed by atoms with E-state index in [1.165, 1.54) is 0 Å². The maximum atomic E-state index is 13.9.